The summed E-state index contributed by atoms with van der Waals surface area (Å²) in [5.41, 5.74) is 0.853. The van der Waals surface area contributed by atoms with Gasteiger partial charge < -0.3 is 5.11 Å². The van der Waals surface area contributed by atoms with Gasteiger partial charge in [0.05, 0.1) is 12.2 Å². The van der Waals surface area contributed by atoms with Crippen molar-refractivity contribution in [2.24, 2.45) is 0 Å². The van der Waals surface area contributed by atoms with Crippen LogP contribution in [0.25, 0.3) is 0 Å². The second-order valence-corrected chi connectivity index (χ2v) is 7.64. The minimum atomic E-state index is -0.805. The van der Waals surface area contributed by atoms with E-state index in [2.05, 4.69) is 18.7 Å². The highest BCUT2D eigenvalue weighted by Gasteiger charge is 2.31. The second-order valence-electron chi connectivity index (χ2n) is 6.56. The fraction of sp³-hybridized carbons (Fsp3) is 0.750. The number of thiazole rings is 1. The molecule has 0 aromatic carbocycles. The lowest BCUT2D eigenvalue weighted by Gasteiger charge is -2.38. The summed E-state index contributed by atoms with van der Waals surface area (Å²) in [4.78, 5) is 19.1. The molecular formula is C16H24N2O2S. The van der Waals surface area contributed by atoms with Crippen molar-refractivity contribution in [3.05, 3.63) is 15.6 Å². The van der Waals surface area contributed by atoms with Crippen LogP contribution in [0.4, 0.5) is 0 Å². The zero-order valence-electron chi connectivity index (χ0n) is 12.8. The molecular weight excluding hydrogens is 284 g/mol. The van der Waals surface area contributed by atoms with E-state index in [0.717, 1.165) is 30.1 Å². The zero-order valence-corrected chi connectivity index (χ0v) is 13.7. The van der Waals surface area contributed by atoms with E-state index < -0.39 is 5.97 Å². The lowest BCUT2D eigenvalue weighted by Crippen LogP contribution is -2.42. The third-order valence-electron chi connectivity index (χ3n) is 5.08. The van der Waals surface area contributed by atoms with Crippen molar-refractivity contribution < 1.29 is 9.90 Å². The van der Waals surface area contributed by atoms with Crippen LogP contribution in [-0.2, 0) is 6.54 Å². The van der Waals surface area contributed by atoms with Gasteiger partial charge in [-0.1, -0.05) is 12.8 Å². The summed E-state index contributed by atoms with van der Waals surface area (Å²) < 4.78 is 0. The van der Waals surface area contributed by atoms with Crippen LogP contribution in [0, 0.1) is 0 Å². The van der Waals surface area contributed by atoms with Gasteiger partial charge in [-0.05, 0) is 39.5 Å². The molecule has 1 aliphatic carbocycles. The zero-order chi connectivity index (χ0) is 15.0. The Balaban J connectivity index is 1.80. The van der Waals surface area contributed by atoms with Crippen LogP contribution < -0.4 is 0 Å². The minimum Gasteiger partial charge on any atom is -0.477 e. The van der Waals surface area contributed by atoms with Gasteiger partial charge in [-0.25, -0.2) is 9.78 Å². The van der Waals surface area contributed by atoms with Crippen molar-refractivity contribution in [3.63, 3.8) is 0 Å². The number of carbonyl (C=O) groups is 1. The SMILES string of the molecule is CC1CCCC(C)N1Cc1nc(C2CCC2)c(C(=O)O)s1. The maximum atomic E-state index is 11.5. The molecule has 0 bridgehead atoms. The van der Waals surface area contributed by atoms with Gasteiger partial charge in [0.15, 0.2) is 0 Å². The number of aromatic carboxylic acids is 1. The first-order valence-corrected chi connectivity index (χ1v) is 8.86. The first kappa shape index (κ1) is 15.0. The Labute approximate surface area is 130 Å². The molecule has 116 valence electrons. The van der Waals surface area contributed by atoms with Crippen molar-refractivity contribution >= 4 is 17.3 Å². The number of likely N-dealkylation sites (tertiary alicyclic amines) is 1. The van der Waals surface area contributed by atoms with E-state index in [0.29, 0.717) is 22.9 Å². The molecule has 0 amide bonds. The van der Waals surface area contributed by atoms with Gasteiger partial charge in [0.2, 0.25) is 0 Å². The van der Waals surface area contributed by atoms with Gasteiger partial charge in [0, 0.05) is 18.0 Å². The standard InChI is InChI=1S/C16H24N2O2S/c1-10-5-3-6-11(2)18(10)9-13-17-14(12-7-4-8-12)15(21-13)16(19)20/h10-12H,3-9H2,1-2H3,(H,19,20). The second kappa shape index (κ2) is 6.05. The summed E-state index contributed by atoms with van der Waals surface area (Å²) in [7, 11) is 0. The number of carboxylic acid groups (broad SMARTS) is 1. The maximum Gasteiger partial charge on any atom is 0.347 e. The predicted molar refractivity (Wildman–Crippen MR) is 84.0 cm³/mol. The molecule has 5 heteroatoms. The number of hydrogen-bond donors (Lipinski definition) is 1. The summed E-state index contributed by atoms with van der Waals surface area (Å²) in [6.07, 6.45) is 7.16. The topological polar surface area (TPSA) is 53.4 Å². The van der Waals surface area contributed by atoms with Crippen molar-refractivity contribution in [2.45, 2.75) is 76.9 Å². The van der Waals surface area contributed by atoms with Gasteiger partial charge in [0.25, 0.3) is 0 Å². The number of carboxylic acids is 1. The van der Waals surface area contributed by atoms with E-state index in [1.807, 2.05) is 0 Å². The molecule has 1 aromatic heterocycles. The Kier molecular flexibility index (Phi) is 4.31. The van der Waals surface area contributed by atoms with Gasteiger partial charge in [-0.15, -0.1) is 11.3 Å². The molecule has 2 unspecified atom stereocenters. The van der Waals surface area contributed by atoms with Crippen molar-refractivity contribution in [3.8, 4) is 0 Å². The van der Waals surface area contributed by atoms with E-state index in [4.69, 9.17) is 4.98 Å². The molecule has 3 rings (SSSR count). The first-order valence-electron chi connectivity index (χ1n) is 8.05. The highest BCUT2D eigenvalue weighted by atomic mass is 32.1. The lowest BCUT2D eigenvalue weighted by atomic mass is 9.82. The molecule has 1 aromatic rings. The Morgan fingerprint density at radius 3 is 2.38 bits per heavy atom. The fourth-order valence-corrected chi connectivity index (χ4v) is 4.50. The van der Waals surface area contributed by atoms with E-state index >= 15 is 0 Å². The summed E-state index contributed by atoms with van der Waals surface area (Å²) in [6, 6.07) is 1.14. The van der Waals surface area contributed by atoms with Crippen LogP contribution in [0.3, 0.4) is 0 Å². The molecule has 1 saturated carbocycles. The Morgan fingerprint density at radius 1 is 1.24 bits per heavy atom. The third-order valence-corrected chi connectivity index (χ3v) is 6.12. The molecule has 1 N–H and O–H groups in total. The molecule has 2 aliphatic rings. The number of aromatic nitrogens is 1. The number of hydrogen-bond acceptors (Lipinski definition) is 4. The van der Waals surface area contributed by atoms with Crippen LogP contribution >= 0.6 is 11.3 Å². The van der Waals surface area contributed by atoms with Crippen LogP contribution in [-0.4, -0.2) is 33.0 Å². The molecule has 21 heavy (non-hydrogen) atoms. The molecule has 2 fully saturated rings. The van der Waals surface area contributed by atoms with Crippen molar-refractivity contribution in [1.29, 1.82) is 0 Å². The summed E-state index contributed by atoms with van der Waals surface area (Å²) >= 11 is 1.39. The summed E-state index contributed by atoms with van der Waals surface area (Å²) in [6.45, 7) is 5.35. The van der Waals surface area contributed by atoms with E-state index in [1.165, 1.54) is 37.0 Å². The smallest absolute Gasteiger partial charge is 0.347 e. The Bertz CT molecular complexity index is 514. The average molecular weight is 308 g/mol. The molecule has 1 saturated heterocycles. The highest BCUT2D eigenvalue weighted by molar-refractivity contribution is 7.13. The third kappa shape index (κ3) is 2.99. The monoisotopic (exact) mass is 308 g/mol. The maximum absolute atomic E-state index is 11.5. The normalized spacial score (nSPS) is 27.5. The summed E-state index contributed by atoms with van der Waals surface area (Å²) in [5, 5.41) is 10.4. The molecule has 0 spiro atoms. The van der Waals surface area contributed by atoms with Crippen molar-refractivity contribution in [2.75, 3.05) is 0 Å². The summed E-state index contributed by atoms with van der Waals surface area (Å²) in [5.74, 6) is -0.419. The molecule has 2 atom stereocenters. The Morgan fingerprint density at radius 2 is 1.86 bits per heavy atom. The largest absolute Gasteiger partial charge is 0.477 e. The van der Waals surface area contributed by atoms with Crippen LogP contribution in [0.1, 0.15) is 78.7 Å². The number of rotatable bonds is 4. The van der Waals surface area contributed by atoms with Gasteiger partial charge in [-0.2, -0.15) is 0 Å². The average Bonchev–Trinajstić information content (AvgIpc) is 2.76. The van der Waals surface area contributed by atoms with Gasteiger partial charge >= 0.3 is 5.97 Å². The number of nitrogens with zero attached hydrogens (tertiary/aromatic N) is 2. The molecule has 2 heterocycles. The Hall–Kier alpha value is -0.940. The fourth-order valence-electron chi connectivity index (χ4n) is 3.50. The van der Waals surface area contributed by atoms with Crippen LogP contribution in [0.15, 0.2) is 0 Å². The highest BCUT2D eigenvalue weighted by Crippen LogP contribution is 2.39. The van der Waals surface area contributed by atoms with Gasteiger partial charge in [0.1, 0.15) is 9.88 Å². The molecule has 4 nitrogen and oxygen atoms in total. The van der Waals surface area contributed by atoms with E-state index in [-0.39, 0.29) is 0 Å². The van der Waals surface area contributed by atoms with Gasteiger partial charge in [-0.3, -0.25) is 4.90 Å². The van der Waals surface area contributed by atoms with Crippen LogP contribution in [0.5, 0.6) is 0 Å². The van der Waals surface area contributed by atoms with Crippen molar-refractivity contribution in [1.82, 2.24) is 9.88 Å². The molecule has 0 radical (unpaired) electrons. The first-order chi connectivity index (χ1) is 10.1. The molecule has 1 aliphatic heterocycles. The number of piperidine rings is 1. The van der Waals surface area contributed by atoms with Crippen LogP contribution in [0.2, 0.25) is 0 Å². The van der Waals surface area contributed by atoms with E-state index in [9.17, 15) is 9.90 Å². The predicted octanol–water partition coefficient (Wildman–Crippen LogP) is 3.87. The van der Waals surface area contributed by atoms with E-state index in [1.54, 1.807) is 0 Å². The quantitative estimate of drug-likeness (QED) is 0.917. The minimum absolute atomic E-state index is 0.386. The lowest BCUT2D eigenvalue weighted by molar-refractivity contribution is 0.0699.